The molecular weight excluding hydrogens is 270 g/mol. The van der Waals surface area contributed by atoms with Crippen molar-refractivity contribution in [3.05, 3.63) is 58.0 Å². The van der Waals surface area contributed by atoms with Crippen LogP contribution >= 0.6 is 11.3 Å². The Hall–Kier alpha value is -2.27. The summed E-state index contributed by atoms with van der Waals surface area (Å²) >= 11 is 1.38. The molecule has 0 spiro atoms. The van der Waals surface area contributed by atoms with Crippen molar-refractivity contribution in [3.8, 4) is 0 Å². The van der Waals surface area contributed by atoms with Gasteiger partial charge in [-0.3, -0.25) is 4.79 Å². The highest BCUT2D eigenvalue weighted by atomic mass is 32.1. The Morgan fingerprint density at radius 3 is 2.60 bits per heavy atom. The van der Waals surface area contributed by atoms with Gasteiger partial charge in [-0.2, -0.15) is 4.98 Å². The maximum atomic E-state index is 12.0. The molecule has 0 bridgehead atoms. The number of para-hydroxylation sites is 1. The van der Waals surface area contributed by atoms with Crippen molar-refractivity contribution < 1.29 is 0 Å². The Labute approximate surface area is 120 Å². The predicted molar refractivity (Wildman–Crippen MR) is 82.9 cm³/mol. The lowest BCUT2D eigenvalue weighted by Crippen LogP contribution is -2.08. The van der Waals surface area contributed by atoms with E-state index in [1.54, 1.807) is 18.3 Å². The minimum Gasteiger partial charge on any atom is -0.331 e. The number of nitrogens with zero attached hydrogens (tertiary/aromatic N) is 2. The molecule has 4 nitrogen and oxygen atoms in total. The quantitative estimate of drug-likeness (QED) is 0.783. The zero-order valence-electron chi connectivity index (χ0n) is 11.2. The Morgan fingerprint density at radius 1 is 1.10 bits per heavy atom. The first-order chi connectivity index (χ1) is 9.65. The van der Waals surface area contributed by atoms with E-state index in [2.05, 4.69) is 15.3 Å². The summed E-state index contributed by atoms with van der Waals surface area (Å²) in [5.74, 6) is 0. The number of benzene rings is 1. The van der Waals surface area contributed by atoms with Crippen LogP contribution in [0.5, 0.6) is 0 Å². The molecule has 20 heavy (non-hydrogen) atoms. The number of fused-ring (bicyclic) bond motifs is 1. The van der Waals surface area contributed by atoms with E-state index in [-0.39, 0.29) is 5.56 Å². The molecule has 5 heteroatoms. The van der Waals surface area contributed by atoms with Crippen molar-refractivity contribution >= 4 is 32.4 Å². The van der Waals surface area contributed by atoms with Gasteiger partial charge in [0.1, 0.15) is 4.83 Å². The van der Waals surface area contributed by atoms with Gasteiger partial charge >= 0.3 is 0 Å². The summed E-state index contributed by atoms with van der Waals surface area (Å²) in [5.41, 5.74) is 2.98. The van der Waals surface area contributed by atoms with E-state index < -0.39 is 0 Å². The van der Waals surface area contributed by atoms with Crippen LogP contribution in [0, 0.1) is 13.8 Å². The van der Waals surface area contributed by atoms with Gasteiger partial charge < -0.3 is 5.32 Å². The molecule has 1 aromatic carbocycles. The number of nitrogens with one attached hydrogen (secondary N) is 1. The molecular formula is C15H13N3OS. The van der Waals surface area contributed by atoms with E-state index >= 15 is 0 Å². The van der Waals surface area contributed by atoms with Crippen LogP contribution in [-0.4, -0.2) is 9.97 Å². The average Bonchev–Trinajstić information content (AvgIpc) is 2.43. The lowest BCUT2D eigenvalue weighted by molar-refractivity contribution is 1.27. The maximum Gasteiger partial charge on any atom is 0.282 e. The van der Waals surface area contributed by atoms with Crippen molar-refractivity contribution in [2.75, 3.05) is 5.32 Å². The lowest BCUT2D eigenvalue weighted by Gasteiger charge is -2.11. The van der Waals surface area contributed by atoms with Crippen LogP contribution in [-0.2, 0) is 0 Å². The third-order valence-electron chi connectivity index (χ3n) is 3.11. The van der Waals surface area contributed by atoms with Gasteiger partial charge in [0.05, 0.1) is 5.39 Å². The minimum absolute atomic E-state index is 0.249. The number of pyridine rings is 1. The van der Waals surface area contributed by atoms with Gasteiger partial charge in [-0.05, 0) is 37.1 Å². The van der Waals surface area contributed by atoms with Crippen molar-refractivity contribution in [1.29, 1.82) is 0 Å². The molecule has 0 unspecified atom stereocenters. The Balaban J connectivity index is 2.10. The molecule has 2 aromatic heterocycles. The summed E-state index contributed by atoms with van der Waals surface area (Å²) in [7, 11) is 0. The van der Waals surface area contributed by atoms with Crippen molar-refractivity contribution in [3.63, 3.8) is 0 Å². The number of anilines is 2. The highest BCUT2D eigenvalue weighted by molar-refractivity contribution is 7.21. The van der Waals surface area contributed by atoms with Crippen LogP contribution in [0.15, 0.2) is 41.3 Å². The lowest BCUT2D eigenvalue weighted by atomic mass is 10.1. The van der Waals surface area contributed by atoms with Gasteiger partial charge in [0, 0.05) is 11.9 Å². The topological polar surface area (TPSA) is 54.9 Å². The van der Waals surface area contributed by atoms with E-state index in [0.29, 0.717) is 15.3 Å². The maximum absolute atomic E-state index is 12.0. The van der Waals surface area contributed by atoms with Gasteiger partial charge in [-0.15, -0.1) is 0 Å². The summed E-state index contributed by atoms with van der Waals surface area (Å²) in [4.78, 5) is 21.0. The summed E-state index contributed by atoms with van der Waals surface area (Å²) in [5, 5.41) is 4.37. The summed E-state index contributed by atoms with van der Waals surface area (Å²) in [6.07, 6.45) is 1.68. The third kappa shape index (κ3) is 2.28. The van der Waals surface area contributed by atoms with Crippen LogP contribution < -0.4 is 10.9 Å². The Morgan fingerprint density at radius 2 is 1.85 bits per heavy atom. The number of rotatable bonds is 2. The molecule has 0 fully saturated rings. The molecule has 100 valence electrons. The van der Waals surface area contributed by atoms with E-state index in [9.17, 15) is 4.79 Å². The molecule has 1 N–H and O–H groups in total. The summed E-state index contributed by atoms with van der Waals surface area (Å²) < 4.78 is 0. The molecule has 3 aromatic rings. The molecule has 0 saturated heterocycles. The molecule has 0 aliphatic rings. The zero-order valence-corrected chi connectivity index (χ0v) is 12.0. The van der Waals surface area contributed by atoms with Gasteiger partial charge in [0.25, 0.3) is 5.56 Å². The second kappa shape index (κ2) is 5.02. The SMILES string of the molecule is Cc1cccc(C)c1Nc1nc(=O)c2cccnc2s1. The van der Waals surface area contributed by atoms with Gasteiger partial charge in [-0.25, -0.2) is 4.98 Å². The molecule has 0 radical (unpaired) electrons. The second-order valence-corrected chi connectivity index (χ2v) is 5.55. The first kappa shape index (κ1) is 12.7. The molecule has 3 rings (SSSR count). The van der Waals surface area contributed by atoms with E-state index in [1.807, 2.05) is 32.0 Å². The third-order valence-corrected chi connectivity index (χ3v) is 4.02. The molecule has 0 saturated carbocycles. The summed E-state index contributed by atoms with van der Waals surface area (Å²) in [6.45, 7) is 4.05. The van der Waals surface area contributed by atoms with Gasteiger partial charge in [0.15, 0.2) is 5.13 Å². The van der Waals surface area contributed by atoms with Gasteiger partial charge in [0.2, 0.25) is 0 Å². The molecule has 0 aliphatic heterocycles. The number of hydrogen-bond donors (Lipinski definition) is 1. The molecule has 0 amide bonds. The molecule has 2 heterocycles. The van der Waals surface area contributed by atoms with Crippen LogP contribution in [0.4, 0.5) is 10.8 Å². The highest BCUT2D eigenvalue weighted by Gasteiger charge is 2.08. The number of aryl methyl sites for hydroxylation is 2. The largest absolute Gasteiger partial charge is 0.331 e. The van der Waals surface area contributed by atoms with Crippen LogP contribution in [0.1, 0.15) is 11.1 Å². The predicted octanol–water partition coefficient (Wildman–Crippen LogP) is 3.41. The number of aromatic nitrogens is 2. The van der Waals surface area contributed by atoms with Crippen molar-refractivity contribution in [2.24, 2.45) is 0 Å². The Bertz CT molecular complexity index is 822. The highest BCUT2D eigenvalue weighted by Crippen LogP contribution is 2.26. The standard InChI is InChI=1S/C15H13N3OS/c1-9-5-3-6-10(2)12(9)17-15-18-13(19)11-7-4-8-16-14(11)20-15/h3-8H,1-2H3,(H,17,18,19). The van der Waals surface area contributed by atoms with Crippen molar-refractivity contribution in [1.82, 2.24) is 9.97 Å². The number of hydrogen-bond acceptors (Lipinski definition) is 5. The van der Waals surface area contributed by atoms with Crippen LogP contribution in [0.25, 0.3) is 10.2 Å². The van der Waals surface area contributed by atoms with Crippen LogP contribution in [0.2, 0.25) is 0 Å². The molecule has 0 aliphatic carbocycles. The smallest absolute Gasteiger partial charge is 0.282 e. The molecule has 0 atom stereocenters. The van der Waals surface area contributed by atoms with Crippen LogP contribution in [0.3, 0.4) is 0 Å². The zero-order chi connectivity index (χ0) is 14.1. The minimum atomic E-state index is -0.249. The Kier molecular flexibility index (Phi) is 3.20. The summed E-state index contributed by atoms with van der Waals surface area (Å²) in [6, 6.07) is 9.55. The monoisotopic (exact) mass is 283 g/mol. The average molecular weight is 283 g/mol. The second-order valence-electron chi connectivity index (χ2n) is 4.57. The van der Waals surface area contributed by atoms with E-state index in [1.165, 1.54) is 11.3 Å². The van der Waals surface area contributed by atoms with Crippen molar-refractivity contribution in [2.45, 2.75) is 13.8 Å². The first-order valence-electron chi connectivity index (χ1n) is 6.24. The first-order valence-corrected chi connectivity index (χ1v) is 7.06. The fourth-order valence-electron chi connectivity index (χ4n) is 2.07. The fourth-order valence-corrected chi connectivity index (χ4v) is 2.92. The van der Waals surface area contributed by atoms with E-state index in [4.69, 9.17) is 0 Å². The van der Waals surface area contributed by atoms with Gasteiger partial charge in [-0.1, -0.05) is 29.5 Å². The van der Waals surface area contributed by atoms with E-state index in [0.717, 1.165) is 16.8 Å². The fraction of sp³-hybridized carbons (Fsp3) is 0.133. The normalized spacial score (nSPS) is 10.7.